The van der Waals surface area contributed by atoms with Crippen molar-refractivity contribution in [1.29, 1.82) is 0 Å². The fourth-order valence-electron chi connectivity index (χ4n) is 3.66. The Hall–Kier alpha value is -3.89. The van der Waals surface area contributed by atoms with Gasteiger partial charge in [-0.05, 0) is 77.4 Å². The second-order valence-corrected chi connectivity index (χ2v) is 8.82. The summed E-state index contributed by atoms with van der Waals surface area (Å²) < 4.78 is 4.89. The highest BCUT2D eigenvalue weighted by molar-refractivity contribution is 7.98. The fraction of sp³-hybridized carbons (Fsp3) is 0.214. The van der Waals surface area contributed by atoms with Crippen LogP contribution in [-0.2, 0) is 9.53 Å². The number of carbonyl (C=O) groups is 2. The minimum Gasteiger partial charge on any atom is -0.467 e. The first kappa shape index (κ1) is 25.7. The Morgan fingerprint density at radius 3 is 2.63 bits per heavy atom. The van der Waals surface area contributed by atoms with Gasteiger partial charge < -0.3 is 10.1 Å². The number of carbonyl (C=O) groups excluding carboxylic acids is 2. The Bertz CT molecular complexity index is 1270. The lowest BCUT2D eigenvalue weighted by molar-refractivity contribution is -0.142. The van der Waals surface area contributed by atoms with Gasteiger partial charge in [0.25, 0.3) is 5.91 Å². The number of aromatic nitrogens is 1. The van der Waals surface area contributed by atoms with E-state index in [-0.39, 0.29) is 5.91 Å². The van der Waals surface area contributed by atoms with Crippen LogP contribution in [0.25, 0.3) is 27.7 Å². The zero-order valence-electron chi connectivity index (χ0n) is 19.9. The molecule has 0 bridgehead atoms. The molecule has 0 saturated carbocycles. The van der Waals surface area contributed by atoms with Crippen molar-refractivity contribution in [3.05, 3.63) is 101 Å². The Balaban J connectivity index is 2.06. The lowest BCUT2D eigenvalue weighted by Crippen LogP contribution is -2.42. The van der Waals surface area contributed by atoms with Crippen molar-refractivity contribution in [2.45, 2.75) is 19.4 Å². The molecule has 2 aromatic carbocycles. The van der Waals surface area contributed by atoms with E-state index in [4.69, 9.17) is 11.3 Å². The molecule has 0 fully saturated rings. The van der Waals surface area contributed by atoms with E-state index in [1.54, 1.807) is 48.4 Å². The normalized spacial score (nSPS) is 11.9. The molecule has 6 nitrogen and oxygen atoms in total. The van der Waals surface area contributed by atoms with Crippen LogP contribution in [0.4, 0.5) is 0 Å². The molecule has 3 aromatic rings. The molecule has 0 spiro atoms. The number of nitrogens with one attached hydrogen (secondary N) is 1. The van der Waals surface area contributed by atoms with E-state index in [1.165, 1.54) is 7.11 Å². The third kappa shape index (κ3) is 6.58. The summed E-state index contributed by atoms with van der Waals surface area (Å²) in [7, 11) is 1.32. The Labute approximate surface area is 210 Å². The zero-order chi connectivity index (χ0) is 25.2. The standard InChI is InChI=1S/C28H27N3O3S/c1-19-8-5-6-10-22(19)24-16-20(17-26(29-2)21-9-7-14-30-18-21)11-12-23(24)27(32)31-25(13-15-35-4)28(33)34-3/h5-12,14,16-18,25H,13,15H2,1,3-4H3,(H,31,32)/t25-/m0/s1. The van der Waals surface area contributed by atoms with Crippen molar-refractivity contribution in [1.82, 2.24) is 10.3 Å². The van der Waals surface area contributed by atoms with Crippen LogP contribution in [0.3, 0.4) is 0 Å². The van der Waals surface area contributed by atoms with Gasteiger partial charge in [-0.1, -0.05) is 36.4 Å². The molecule has 35 heavy (non-hydrogen) atoms. The van der Waals surface area contributed by atoms with E-state index in [0.717, 1.165) is 27.8 Å². The number of hydrogen-bond donors (Lipinski definition) is 1. The molecule has 0 unspecified atom stereocenters. The van der Waals surface area contributed by atoms with Crippen LogP contribution in [0, 0.1) is 13.5 Å². The molecule has 3 rings (SSSR count). The number of nitrogens with zero attached hydrogens (tertiary/aromatic N) is 2. The monoisotopic (exact) mass is 485 g/mol. The quantitative estimate of drug-likeness (QED) is 0.320. The summed E-state index contributed by atoms with van der Waals surface area (Å²) in [6.07, 6.45) is 7.51. The van der Waals surface area contributed by atoms with Gasteiger partial charge in [-0.15, -0.1) is 0 Å². The van der Waals surface area contributed by atoms with Gasteiger partial charge in [0.05, 0.1) is 13.7 Å². The Morgan fingerprint density at radius 1 is 1.17 bits per heavy atom. The van der Waals surface area contributed by atoms with Gasteiger partial charge in [-0.25, -0.2) is 9.64 Å². The lowest BCUT2D eigenvalue weighted by atomic mass is 9.93. The first-order valence-corrected chi connectivity index (χ1v) is 12.4. The predicted octanol–water partition coefficient (Wildman–Crippen LogP) is 5.50. The highest BCUT2D eigenvalue weighted by Gasteiger charge is 2.23. The molecule has 1 amide bonds. The summed E-state index contributed by atoms with van der Waals surface area (Å²) in [4.78, 5) is 33.4. The average Bonchev–Trinajstić information content (AvgIpc) is 2.89. The fourth-order valence-corrected chi connectivity index (χ4v) is 4.13. The molecule has 1 N–H and O–H groups in total. The maximum Gasteiger partial charge on any atom is 0.328 e. The molecule has 0 aliphatic heterocycles. The zero-order valence-corrected chi connectivity index (χ0v) is 20.8. The van der Waals surface area contributed by atoms with Crippen molar-refractivity contribution >= 4 is 35.4 Å². The van der Waals surface area contributed by atoms with Crippen LogP contribution in [0.15, 0.2) is 67.0 Å². The summed E-state index contributed by atoms with van der Waals surface area (Å²) in [5, 5.41) is 2.85. The highest BCUT2D eigenvalue weighted by Crippen LogP contribution is 2.30. The number of esters is 1. The van der Waals surface area contributed by atoms with Crippen molar-refractivity contribution in [2.75, 3.05) is 19.1 Å². The molecule has 0 aliphatic rings. The summed E-state index contributed by atoms with van der Waals surface area (Å²) in [6.45, 7) is 9.60. The van der Waals surface area contributed by atoms with E-state index < -0.39 is 12.0 Å². The average molecular weight is 486 g/mol. The second-order valence-electron chi connectivity index (χ2n) is 7.83. The van der Waals surface area contributed by atoms with Crippen LogP contribution >= 0.6 is 11.8 Å². The largest absolute Gasteiger partial charge is 0.467 e. The predicted molar refractivity (Wildman–Crippen MR) is 142 cm³/mol. The molecular weight excluding hydrogens is 458 g/mol. The Morgan fingerprint density at radius 2 is 1.97 bits per heavy atom. The van der Waals surface area contributed by atoms with Crippen LogP contribution in [-0.4, -0.2) is 42.0 Å². The summed E-state index contributed by atoms with van der Waals surface area (Å²) >= 11 is 1.60. The number of amides is 1. The number of rotatable bonds is 9. The van der Waals surface area contributed by atoms with Gasteiger partial charge in [-0.2, -0.15) is 11.8 Å². The highest BCUT2D eigenvalue weighted by atomic mass is 32.2. The van der Waals surface area contributed by atoms with E-state index in [9.17, 15) is 9.59 Å². The van der Waals surface area contributed by atoms with E-state index in [2.05, 4.69) is 15.1 Å². The first-order chi connectivity index (χ1) is 17.0. The molecule has 1 heterocycles. The number of ether oxygens (including phenoxy) is 1. The maximum atomic E-state index is 13.4. The number of hydrogen-bond acceptors (Lipinski definition) is 5. The van der Waals surface area contributed by atoms with Crippen LogP contribution in [0.2, 0.25) is 0 Å². The van der Waals surface area contributed by atoms with E-state index in [1.807, 2.05) is 49.6 Å². The number of thioether (sulfide) groups is 1. The molecule has 7 heteroatoms. The maximum absolute atomic E-state index is 13.4. The van der Waals surface area contributed by atoms with Crippen molar-refractivity contribution < 1.29 is 14.3 Å². The van der Waals surface area contributed by atoms with Crippen LogP contribution in [0.1, 0.15) is 33.5 Å². The summed E-state index contributed by atoms with van der Waals surface area (Å²) in [5.41, 5.74) is 5.02. The molecule has 178 valence electrons. The first-order valence-electron chi connectivity index (χ1n) is 11.1. The molecule has 0 radical (unpaired) electrons. The third-order valence-electron chi connectivity index (χ3n) is 5.51. The number of methoxy groups -OCH3 is 1. The molecule has 1 aromatic heterocycles. The van der Waals surface area contributed by atoms with Crippen molar-refractivity contribution in [3.8, 4) is 11.1 Å². The second kappa shape index (κ2) is 12.5. The van der Waals surface area contributed by atoms with Gasteiger partial charge >= 0.3 is 5.97 Å². The minimum absolute atomic E-state index is 0.354. The third-order valence-corrected chi connectivity index (χ3v) is 6.15. The molecule has 0 saturated heterocycles. The summed E-state index contributed by atoms with van der Waals surface area (Å²) in [5.74, 6) is -0.113. The Kier molecular flexibility index (Phi) is 9.22. The number of benzene rings is 2. The van der Waals surface area contributed by atoms with Gasteiger partial charge in [0.15, 0.2) is 5.70 Å². The molecular formula is C28H27N3O3S. The van der Waals surface area contributed by atoms with Gasteiger partial charge in [-0.3, -0.25) is 9.78 Å². The van der Waals surface area contributed by atoms with Crippen LogP contribution < -0.4 is 5.32 Å². The van der Waals surface area contributed by atoms with Crippen LogP contribution in [0.5, 0.6) is 0 Å². The van der Waals surface area contributed by atoms with E-state index >= 15 is 0 Å². The number of aryl methyl sites for hydroxylation is 1. The minimum atomic E-state index is -0.733. The van der Waals surface area contributed by atoms with Crippen molar-refractivity contribution in [3.63, 3.8) is 0 Å². The summed E-state index contributed by atoms with van der Waals surface area (Å²) in [6, 6.07) is 16.1. The van der Waals surface area contributed by atoms with Gasteiger partial charge in [0, 0.05) is 18.0 Å². The molecule has 1 atom stereocenters. The lowest BCUT2D eigenvalue weighted by Gasteiger charge is -2.18. The number of pyridine rings is 1. The van der Waals surface area contributed by atoms with Crippen molar-refractivity contribution in [2.24, 2.45) is 0 Å². The van der Waals surface area contributed by atoms with E-state index in [0.29, 0.717) is 23.4 Å². The SMILES string of the molecule is [C-]#[N+]C(=Cc1ccc(C(=O)N[C@@H](CCSC)C(=O)OC)c(-c2ccccc2C)c1)c1cccnc1. The topological polar surface area (TPSA) is 72.7 Å². The smallest absolute Gasteiger partial charge is 0.328 e. The van der Waals surface area contributed by atoms with Gasteiger partial charge in [0.2, 0.25) is 0 Å². The van der Waals surface area contributed by atoms with Gasteiger partial charge in [0.1, 0.15) is 6.04 Å². The molecule has 0 aliphatic carbocycles.